The van der Waals surface area contributed by atoms with Crippen LogP contribution in [0.4, 0.5) is 5.69 Å². The Morgan fingerprint density at radius 2 is 2.00 bits per heavy atom. The summed E-state index contributed by atoms with van der Waals surface area (Å²) in [7, 11) is 0. The molecule has 2 aliphatic heterocycles. The zero-order valence-electron chi connectivity index (χ0n) is 9.18. The number of benzene rings is 1. The Balaban J connectivity index is 1.93. The van der Waals surface area contributed by atoms with E-state index in [0.717, 1.165) is 5.76 Å². The van der Waals surface area contributed by atoms with Gasteiger partial charge >= 0.3 is 0 Å². The second kappa shape index (κ2) is 3.14. The van der Waals surface area contributed by atoms with Crippen LogP contribution in [0.5, 0.6) is 0 Å². The molecule has 1 N–H and O–H groups in total. The first kappa shape index (κ1) is 8.88. The average molecular weight is 221 g/mol. The van der Waals surface area contributed by atoms with Crippen LogP contribution in [0.15, 0.2) is 71.9 Å². The standard InChI is InChI=1S/C15H11NO/c1-2-6-12-10(4-1)15-11-5-3-9-17-14(11)8-7-13(15)16-12/h1-9,15-16H. The molecule has 82 valence electrons. The fourth-order valence-electron chi connectivity index (χ4n) is 2.68. The molecule has 17 heavy (non-hydrogen) atoms. The van der Waals surface area contributed by atoms with Crippen molar-refractivity contribution in [3.8, 4) is 0 Å². The highest BCUT2D eigenvalue weighted by Crippen LogP contribution is 2.47. The maximum atomic E-state index is 5.54. The van der Waals surface area contributed by atoms with Crippen molar-refractivity contribution in [2.45, 2.75) is 5.92 Å². The Kier molecular flexibility index (Phi) is 1.64. The van der Waals surface area contributed by atoms with Crippen molar-refractivity contribution in [3.05, 3.63) is 77.4 Å². The first-order valence-corrected chi connectivity index (χ1v) is 5.75. The molecule has 0 spiro atoms. The van der Waals surface area contributed by atoms with E-state index in [9.17, 15) is 0 Å². The van der Waals surface area contributed by atoms with Gasteiger partial charge in [0.25, 0.3) is 0 Å². The molecule has 0 saturated heterocycles. The SMILES string of the molecule is C1=COC2=CC=C3Nc4ccccc4C3C2=C1. The molecule has 1 unspecified atom stereocenters. The Hall–Kier alpha value is -2.22. The van der Waals surface area contributed by atoms with Crippen LogP contribution in [0, 0.1) is 0 Å². The van der Waals surface area contributed by atoms with Gasteiger partial charge in [0.15, 0.2) is 0 Å². The van der Waals surface area contributed by atoms with Crippen LogP contribution in [0.25, 0.3) is 0 Å². The minimum Gasteiger partial charge on any atom is -0.465 e. The van der Waals surface area contributed by atoms with E-state index in [-0.39, 0.29) is 0 Å². The number of hydrogen-bond acceptors (Lipinski definition) is 2. The molecular weight excluding hydrogens is 210 g/mol. The topological polar surface area (TPSA) is 21.3 Å². The predicted molar refractivity (Wildman–Crippen MR) is 67.3 cm³/mol. The third kappa shape index (κ3) is 1.15. The number of hydrogen-bond donors (Lipinski definition) is 1. The summed E-state index contributed by atoms with van der Waals surface area (Å²) < 4.78 is 5.54. The maximum Gasteiger partial charge on any atom is 0.130 e. The van der Waals surface area contributed by atoms with Crippen molar-refractivity contribution in [1.82, 2.24) is 0 Å². The van der Waals surface area contributed by atoms with Gasteiger partial charge in [0.05, 0.1) is 12.2 Å². The van der Waals surface area contributed by atoms with Crippen LogP contribution < -0.4 is 5.32 Å². The minimum atomic E-state index is 0.302. The molecule has 1 atom stereocenters. The molecule has 4 rings (SSSR count). The summed E-state index contributed by atoms with van der Waals surface area (Å²) >= 11 is 0. The molecule has 0 amide bonds. The number of nitrogens with one attached hydrogen (secondary N) is 1. The summed E-state index contributed by atoms with van der Waals surface area (Å²) in [5.74, 6) is 1.26. The summed E-state index contributed by atoms with van der Waals surface area (Å²) in [4.78, 5) is 0. The Morgan fingerprint density at radius 3 is 3.00 bits per heavy atom. The van der Waals surface area contributed by atoms with E-state index in [4.69, 9.17) is 4.74 Å². The Morgan fingerprint density at radius 1 is 1.06 bits per heavy atom. The van der Waals surface area contributed by atoms with Crippen molar-refractivity contribution in [3.63, 3.8) is 0 Å². The van der Waals surface area contributed by atoms with Crippen molar-refractivity contribution >= 4 is 5.69 Å². The van der Waals surface area contributed by atoms with Gasteiger partial charge in [-0.3, -0.25) is 0 Å². The number of fused-ring (bicyclic) bond motifs is 5. The zero-order chi connectivity index (χ0) is 11.2. The van der Waals surface area contributed by atoms with E-state index >= 15 is 0 Å². The smallest absolute Gasteiger partial charge is 0.130 e. The predicted octanol–water partition coefficient (Wildman–Crippen LogP) is 3.45. The molecule has 3 aliphatic rings. The van der Waals surface area contributed by atoms with E-state index < -0.39 is 0 Å². The van der Waals surface area contributed by atoms with Gasteiger partial charge in [0.1, 0.15) is 5.76 Å². The van der Waals surface area contributed by atoms with Crippen LogP contribution in [0.1, 0.15) is 11.5 Å². The van der Waals surface area contributed by atoms with Gasteiger partial charge in [-0.15, -0.1) is 0 Å². The molecule has 0 saturated carbocycles. The lowest BCUT2D eigenvalue weighted by molar-refractivity contribution is 0.351. The van der Waals surface area contributed by atoms with E-state index in [1.807, 2.05) is 12.2 Å². The number of rotatable bonds is 0. The minimum absolute atomic E-state index is 0.302. The quantitative estimate of drug-likeness (QED) is 0.724. The third-order valence-corrected chi connectivity index (χ3v) is 3.42. The van der Waals surface area contributed by atoms with Crippen molar-refractivity contribution in [2.24, 2.45) is 0 Å². The lowest BCUT2D eigenvalue weighted by Crippen LogP contribution is -2.11. The largest absolute Gasteiger partial charge is 0.465 e. The first-order valence-electron chi connectivity index (χ1n) is 5.75. The van der Waals surface area contributed by atoms with Crippen LogP contribution in [-0.2, 0) is 4.74 Å². The van der Waals surface area contributed by atoms with Crippen molar-refractivity contribution in [2.75, 3.05) is 5.32 Å². The molecule has 2 nitrogen and oxygen atoms in total. The van der Waals surface area contributed by atoms with Crippen LogP contribution in [0.2, 0.25) is 0 Å². The lowest BCUT2D eigenvalue weighted by Gasteiger charge is -2.24. The second-order valence-corrected chi connectivity index (χ2v) is 4.37. The Bertz CT molecular complexity index is 620. The number of allylic oxidation sites excluding steroid dienone is 6. The van der Waals surface area contributed by atoms with Crippen LogP contribution >= 0.6 is 0 Å². The monoisotopic (exact) mass is 221 g/mol. The maximum absolute atomic E-state index is 5.54. The van der Waals surface area contributed by atoms with Crippen LogP contribution in [0.3, 0.4) is 0 Å². The van der Waals surface area contributed by atoms with E-state index in [1.54, 1.807) is 6.26 Å². The number of anilines is 1. The molecule has 0 bridgehead atoms. The highest BCUT2D eigenvalue weighted by molar-refractivity contribution is 5.71. The third-order valence-electron chi connectivity index (χ3n) is 3.42. The van der Waals surface area contributed by atoms with Crippen molar-refractivity contribution in [1.29, 1.82) is 0 Å². The average Bonchev–Trinajstić information content (AvgIpc) is 2.77. The summed E-state index contributed by atoms with van der Waals surface area (Å²) in [6.45, 7) is 0. The molecule has 0 radical (unpaired) electrons. The van der Waals surface area contributed by atoms with E-state index in [0.29, 0.717) is 5.92 Å². The van der Waals surface area contributed by atoms with E-state index in [2.05, 4.69) is 41.7 Å². The van der Waals surface area contributed by atoms with E-state index in [1.165, 1.54) is 22.5 Å². The van der Waals surface area contributed by atoms with Gasteiger partial charge in [-0.2, -0.15) is 0 Å². The zero-order valence-corrected chi connectivity index (χ0v) is 9.18. The molecule has 0 fully saturated rings. The highest BCUT2D eigenvalue weighted by Gasteiger charge is 2.34. The molecule has 1 aromatic rings. The number of para-hydroxylation sites is 1. The molecule has 2 heterocycles. The second-order valence-electron chi connectivity index (χ2n) is 4.37. The van der Waals surface area contributed by atoms with Gasteiger partial charge in [0.2, 0.25) is 0 Å². The van der Waals surface area contributed by atoms with Gasteiger partial charge in [0, 0.05) is 17.0 Å². The van der Waals surface area contributed by atoms with Gasteiger partial charge in [-0.05, 0) is 29.9 Å². The molecular formula is C15H11NO. The summed E-state index contributed by atoms with van der Waals surface area (Å²) in [6.07, 6.45) is 9.95. The molecule has 1 aliphatic carbocycles. The summed E-state index contributed by atoms with van der Waals surface area (Å²) in [5, 5.41) is 3.47. The first-order chi connectivity index (χ1) is 8.43. The summed E-state index contributed by atoms with van der Waals surface area (Å²) in [5.41, 5.74) is 5.01. The van der Waals surface area contributed by atoms with Crippen LogP contribution in [-0.4, -0.2) is 0 Å². The fraction of sp³-hybridized carbons (Fsp3) is 0.0667. The molecule has 0 aromatic heterocycles. The molecule has 2 heteroatoms. The summed E-state index contributed by atoms with van der Waals surface area (Å²) in [6, 6.07) is 8.44. The highest BCUT2D eigenvalue weighted by atomic mass is 16.5. The van der Waals surface area contributed by atoms with Gasteiger partial charge in [-0.25, -0.2) is 0 Å². The lowest BCUT2D eigenvalue weighted by atomic mass is 9.85. The normalized spacial score (nSPS) is 23.3. The number of ether oxygens (including phenoxy) is 1. The molecule has 1 aromatic carbocycles. The van der Waals surface area contributed by atoms with Gasteiger partial charge in [-0.1, -0.05) is 24.3 Å². The fourth-order valence-corrected chi connectivity index (χ4v) is 2.68. The van der Waals surface area contributed by atoms with Gasteiger partial charge < -0.3 is 10.1 Å². The Labute approximate surface area is 99.6 Å². The van der Waals surface area contributed by atoms with Crippen molar-refractivity contribution < 1.29 is 4.74 Å².